The van der Waals surface area contributed by atoms with E-state index in [2.05, 4.69) is 15.5 Å². The lowest BCUT2D eigenvalue weighted by Gasteiger charge is -2.01. The van der Waals surface area contributed by atoms with E-state index in [1.54, 1.807) is 18.3 Å². The number of amides is 1. The van der Waals surface area contributed by atoms with Crippen LogP contribution in [-0.2, 0) is 11.2 Å². The predicted molar refractivity (Wildman–Crippen MR) is 103 cm³/mol. The van der Waals surface area contributed by atoms with Crippen LogP contribution in [0, 0.1) is 19.7 Å². The maximum absolute atomic E-state index is 13.0. The quantitative estimate of drug-likeness (QED) is 0.541. The van der Waals surface area contributed by atoms with Gasteiger partial charge in [-0.3, -0.25) is 4.79 Å². The molecule has 1 heterocycles. The molecule has 0 radical (unpaired) electrons. The number of carbonyl (C=O) groups excluding carboxylic acids is 1. The van der Waals surface area contributed by atoms with Crippen LogP contribution in [-0.4, -0.2) is 17.1 Å². The highest BCUT2D eigenvalue weighted by Crippen LogP contribution is 2.24. The summed E-state index contributed by atoms with van der Waals surface area (Å²) in [5.74, 6) is -0.519. The van der Waals surface area contributed by atoms with Gasteiger partial charge in [0.15, 0.2) is 0 Å². The fourth-order valence-corrected chi connectivity index (χ4v) is 3.22. The maximum Gasteiger partial charge on any atom is 0.246 e. The Hall–Kier alpha value is -2.86. The van der Waals surface area contributed by atoms with Gasteiger partial charge >= 0.3 is 0 Å². The molecular formula is C20H18FN3OS. The smallest absolute Gasteiger partial charge is 0.246 e. The van der Waals surface area contributed by atoms with Crippen molar-refractivity contribution in [3.8, 4) is 10.6 Å². The molecule has 0 unspecified atom stereocenters. The van der Waals surface area contributed by atoms with Crippen molar-refractivity contribution in [1.82, 2.24) is 10.4 Å². The fraction of sp³-hybridized carbons (Fsp3) is 0.150. The van der Waals surface area contributed by atoms with Gasteiger partial charge in [-0.15, -0.1) is 11.3 Å². The van der Waals surface area contributed by atoms with E-state index in [-0.39, 0.29) is 18.1 Å². The number of rotatable bonds is 5. The Balaban J connectivity index is 1.59. The summed E-state index contributed by atoms with van der Waals surface area (Å²) in [6.07, 6.45) is 1.78. The second kappa shape index (κ2) is 8.01. The zero-order valence-electron chi connectivity index (χ0n) is 14.5. The van der Waals surface area contributed by atoms with E-state index in [1.165, 1.54) is 23.5 Å². The zero-order chi connectivity index (χ0) is 18.5. The van der Waals surface area contributed by atoms with Crippen molar-refractivity contribution in [3.05, 3.63) is 76.0 Å². The number of aryl methyl sites for hydroxylation is 2. The Kier molecular flexibility index (Phi) is 5.53. The van der Waals surface area contributed by atoms with E-state index in [4.69, 9.17) is 0 Å². The number of hydrazone groups is 1. The minimum atomic E-state index is -0.286. The summed E-state index contributed by atoms with van der Waals surface area (Å²) in [4.78, 5) is 16.5. The van der Waals surface area contributed by atoms with Crippen LogP contribution in [0.1, 0.15) is 22.4 Å². The van der Waals surface area contributed by atoms with E-state index in [1.807, 2.05) is 37.4 Å². The summed E-state index contributed by atoms with van der Waals surface area (Å²) in [6, 6.07) is 12.2. The second-order valence-electron chi connectivity index (χ2n) is 5.98. The van der Waals surface area contributed by atoms with E-state index in [0.717, 1.165) is 27.3 Å². The van der Waals surface area contributed by atoms with E-state index >= 15 is 0 Å². The van der Waals surface area contributed by atoms with Gasteiger partial charge in [0.25, 0.3) is 0 Å². The first-order valence-corrected chi connectivity index (χ1v) is 8.99. The molecule has 1 aromatic heterocycles. The number of nitrogens with zero attached hydrogens (tertiary/aromatic N) is 2. The lowest BCUT2D eigenvalue weighted by Crippen LogP contribution is -2.20. The SMILES string of the molecule is Cc1ccc(C)c(/C=N\NC(=O)Cc2csc(-c3ccc(F)cc3)n2)c1. The number of carbonyl (C=O) groups is 1. The average molecular weight is 367 g/mol. The normalized spacial score (nSPS) is 11.0. The molecule has 0 bridgehead atoms. The Labute approximate surface area is 155 Å². The second-order valence-corrected chi connectivity index (χ2v) is 6.84. The van der Waals surface area contributed by atoms with Gasteiger partial charge in [-0.05, 0) is 49.2 Å². The lowest BCUT2D eigenvalue weighted by atomic mass is 10.1. The summed E-state index contributed by atoms with van der Waals surface area (Å²) in [5, 5.41) is 6.61. The van der Waals surface area contributed by atoms with E-state index in [0.29, 0.717) is 5.69 Å². The number of thiazole rings is 1. The van der Waals surface area contributed by atoms with Crippen LogP contribution < -0.4 is 5.43 Å². The Bertz CT molecular complexity index is 948. The van der Waals surface area contributed by atoms with Gasteiger partial charge in [-0.2, -0.15) is 5.10 Å². The number of halogens is 1. The molecule has 0 aliphatic heterocycles. The number of aromatic nitrogens is 1. The van der Waals surface area contributed by atoms with Crippen LogP contribution in [0.2, 0.25) is 0 Å². The van der Waals surface area contributed by atoms with Crippen LogP contribution in [0.25, 0.3) is 10.6 Å². The first-order valence-electron chi connectivity index (χ1n) is 8.11. The van der Waals surface area contributed by atoms with Gasteiger partial charge < -0.3 is 0 Å². The van der Waals surface area contributed by atoms with Crippen LogP contribution in [0.5, 0.6) is 0 Å². The van der Waals surface area contributed by atoms with Crippen molar-refractivity contribution in [1.29, 1.82) is 0 Å². The van der Waals surface area contributed by atoms with E-state index < -0.39 is 0 Å². The highest BCUT2D eigenvalue weighted by atomic mass is 32.1. The summed E-state index contributed by atoms with van der Waals surface area (Å²) in [5.41, 5.74) is 7.22. The van der Waals surface area contributed by atoms with Crippen LogP contribution in [0.15, 0.2) is 52.9 Å². The van der Waals surface area contributed by atoms with Gasteiger partial charge in [-0.1, -0.05) is 23.8 Å². The predicted octanol–water partition coefficient (Wildman–Crippen LogP) is 4.26. The monoisotopic (exact) mass is 367 g/mol. The molecule has 0 spiro atoms. The third kappa shape index (κ3) is 4.61. The minimum absolute atomic E-state index is 0.141. The van der Waals surface area contributed by atoms with Crippen molar-refractivity contribution in [2.75, 3.05) is 0 Å². The summed E-state index contributed by atoms with van der Waals surface area (Å²) < 4.78 is 13.0. The maximum atomic E-state index is 13.0. The largest absolute Gasteiger partial charge is 0.273 e. The van der Waals surface area contributed by atoms with Gasteiger partial charge in [-0.25, -0.2) is 14.8 Å². The molecule has 6 heteroatoms. The molecule has 3 aromatic rings. The molecule has 2 aromatic carbocycles. The Morgan fingerprint density at radius 1 is 1.23 bits per heavy atom. The summed E-state index contributed by atoms with van der Waals surface area (Å²) >= 11 is 1.42. The van der Waals surface area contributed by atoms with Crippen LogP contribution in [0.3, 0.4) is 0 Å². The van der Waals surface area contributed by atoms with Crippen molar-refractivity contribution in [3.63, 3.8) is 0 Å². The first-order chi connectivity index (χ1) is 12.5. The van der Waals surface area contributed by atoms with Crippen molar-refractivity contribution < 1.29 is 9.18 Å². The first kappa shape index (κ1) is 17.9. The molecule has 26 heavy (non-hydrogen) atoms. The van der Waals surface area contributed by atoms with Gasteiger partial charge in [0, 0.05) is 10.9 Å². The third-order valence-electron chi connectivity index (χ3n) is 3.81. The van der Waals surface area contributed by atoms with Crippen molar-refractivity contribution in [2.45, 2.75) is 20.3 Å². The minimum Gasteiger partial charge on any atom is -0.273 e. The Morgan fingerprint density at radius 3 is 2.77 bits per heavy atom. The number of nitrogens with one attached hydrogen (secondary N) is 1. The van der Waals surface area contributed by atoms with E-state index in [9.17, 15) is 9.18 Å². The molecule has 1 N–H and O–H groups in total. The molecule has 4 nitrogen and oxygen atoms in total. The molecule has 1 amide bonds. The molecule has 0 fully saturated rings. The van der Waals surface area contributed by atoms with Gasteiger partial charge in [0.2, 0.25) is 5.91 Å². The Morgan fingerprint density at radius 2 is 2.00 bits per heavy atom. The topological polar surface area (TPSA) is 54.4 Å². The third-order valence-corrected chi connectivity index (χ3v) is 4.75. The number of benzene rings is 2. The molecule has 0 aliphatic carbocycles. The molecule has 3 rings (SSSR count). The standard InChI is InChI=1S/C20H18FN3OS/c1-13-3-4-14(2)16(9-13)11-22-24-19(25)10-18-12-26-20(23-18)15-5-7-17(21)8-6-15/h3-9,11-12H,10H2,1-2H3,(H,24,25)/b22-11-. The zero-order valence-corrected chi connectivity index (χ0v) is 15.3. The molecule has 0 saturated heterocycles. The fourth-order valence-electron chi connectivity index (χ4n) is 2.39. The van der Waals surface area contributed by atoms with Crippen molar-refractivity contribution >= 4 is 23.5 Å². The van der Waals surface area contributed by atoms with Crippen molar-refractivity contribution in [2.24, 2.45) is 5.10 Å². The molecular weight excluding hydrogens is 349 g/mol. The molecule has 0 atom stereocenters. The molecule has 0 aliphatic rings. The summed E-state index contributed by atoms with van der Waals surface area (Å²) in [6.45, 7) is 4.01. The van der Waals surface area contributed by atoms with Crippen LogP contribution >= 0.6 is 11.3 Å². The molecule has 132 valence electrons. The highest BCUT2D eigenvalue weighted by Gasteiger charge is 2.09. The lowest BCUT2D eigenvalue weighted by molar-refractivity contribution is -0.120. The van der Waals surface area contributed by atoms with Crippen LogP contribution in [0.4, 0.5) is 4.39 Å². The van der Waals surface area contributed by atoms with Gasteiger partial charge in [0.05, 0.1) is 18.3 Å². The molecule has 0 saturated carbocycles. The average Bonchev–Trinajstić information content (AvgIpc) is 3.07. The van der Waals surface area contributed by atoms with Gasteiger partial charge in [0.1, 0.15) is 10.8 Å². The number of hydrogen-bond acceptors (Lipinski definition) is 4. The number of hydrogen-bond donors (Lipinski definition) is 1. The highest BCUT2D eigenvalue weighted by molar-refractivity contribution is 7.13. The summed E-state index contributed by atoms with van der Waals surface area (Å²) in [7, 11) is 0.